The highest BCUT2D eigenvalue weighted by Crippen LogP contribution is 2.27. The Hall–Kier alpha value is -1.24. The molecule has 1 aromatic carbocycles. The van der Waals surface area contributed by atoms with Gasteiger partial charge in [-0.1, -0.05) is 23.2 Å². The van der Waals surface area contributed by atoms with Crippen LogP contribution >= 0.6 is 39.1 Å². The molecule has 0 saturated heterocycles. The van der Waals surface area contributed by atoms with E-state index < -0.39 is 11.7 Å². The first-order valence-corrected chi connectivity index (χ1v) is 6.46. The van der Waals surface area contributed by atoms with Crippen LogP contribution in [0.25, 0.3) is 0 Å². The molecule has 98 valence electrons. The Bertz CT molecular complexity index is 634. The maximum Gasteiger partial charge on any atom is 0.256 e. The Labute approximate surface area is 126 Å². The van der Waals surface area contributed by atoms with Gasteiger partial charge in [0.25, 0.3) is 5.91 Å². The number of benzene rings is 1. The fourth-order valence-corrected chi connectivity index (χ4v) is 2.24. The molecule has 8 heteroatoms. The van der Waals surface area contributed by atoms with E-state index in [1.165, 1.54) is 24.5 Å². The number of hydrogen-bond acceptors (Lipinski definition) is 3. The molecule has 4 nitrogen and oxygen atoms in total. The second-order valence-corrected chi connectivity index (χ2v) is 4.98. The second kappa shape index (κ2) is 5.81. The van der Waals surface area contributed by atoms with Gasteiger partial charge in [0.15, 0.2) is 10.3 Å². The van der Waals surface area contributed by atoms with E-state index >= 15 is 0 Å². The van der Waals surface area contributed by atoms with Crippen LogP contribution in [0.15, 0.2) is 29.0 Å². The van der Waals surface area contributed by atoms with E-state index in [4.69, 9.17) is 23.2 Å². The first-order valence-electron chi connectivity index (χ1n) is 4.91. The van der Waals surface area contributed by atoms with E-state index in [-0.39, 0.29) is 21.6 Å². The Balaban J connectivity index is 2.31. The van der Waals surface area contributed by atoms with Crippen molar-refractivity contribution in [1.82, 2.24) is 9.97 Å². The lowest BCUT2D eigenvalue weighted by atomic mass is 10.2. The Morgan fingerprint density at radius 3 is 2.47 bits per heavy atom. The number of nitrogens with zero attached hydrogens (tertiary/aromatic N) is 2. The molecule has 0 bridgehead atoms. The molecule has 1 heterocycles. The molecule has 1 aromatic heterocycles. The predicted octanol–water partition coefficient (Wildman–Crippen LogP) is 3.94. The van der Waals surface area contributed by atoms with Gasteiger partial charge in [-0.15, -0.1) is 0 Å². The maximum absolute atomic E-state index is 12.9. The molecule has 0 fully saturated rings. The minimum absolute atomic E-state index is 0.0200. The fraction of sp³-hybridized carbons (Fsp3) is 0. The smallest absolute Gasteiger partial charge is 0.256 e. The van der Waals surface area contributed by atoms with Crippen LogP contribution < -0.4 is 5.32 Å². The van der Waals surface area contributed by atoms with Crippen LogP contribution in [0, 0.1) is 5.82 Å². The van der Waals surface area contributed by atoms with Crippen molar-refractivity contribution in [2.75, 3.05) is 5.32 Å². The summed E-state index contributed by atoms with van der Waals surface area (Å²) in [6.07, 6.45) is 1.17. The molecule has 0 aliphatic heterocycles. The van der Waals surface area contributed by atoms with Crippen molar-refractivity contribution < 1.29 is 9.18 Å². The molecule has 0 radical (unpaired) electrons. The molecule has 0 aliphatic rings. The average Bonchev–Trinajstić information content (AvgIpc) is 2.33. The summed E-state index contributed by atoms with van der Waals surface area (Å²) in [5.41, 5.74) is 0.337. The summed E-state index contributed by atoms with van der Waals surface area (Å²) in [4.78, 5) is 19.4. The normalized spacial score (nSPS) is 10.3. The van der Waals surface area contributed by atoms with Gasteiger partial charge >= 0.3 is 0 Å². The SMILES string of the molecule is O=C(Nc1c(Cl)ncnc1Cl)c1ccc(F)cc1Br. The number of carbonyl (C=O) groups excluding carboxylic acids is 1. The number of anilines is 1. The van der Waals surface area contributed by atoms with Crippen molar-refractivity contribution in [2.45, 2.75) is 0 Å². The number of nitrogens with one attached hydrogen (secondary N) is 1. The number of carbonyl (C=O) groups is 1. The van der Waals surface area contributed by atoms with Crippen LogP contribution in [0.4, 0.5) is 10.1 Å². The minimum Gasteiger partial charge on any atom is -0.317 e. The standard InChI is InChI=1S/C11H5BrCl2FN3O/c12-7-3-5(15)1-2-6(7)11(19)18-8-9(13)16-4-17-10(8)14/h1-4H,(H,18,19). The van der Waals surface area contributed by atoms with Gasteiger partial charge in [0.05, 0.1) is 5.56 Å². The minimum atomic E-state index is -0.509. The number of rotatable bonds is 2. The molecular weight excluding hydrogens is 360 g/mol. The summed E-state index contributed by atoms with van der Waals surface area (Å²) >= 11 is 14.7. The number of halogens is 4. The van der Waals surface area contributed by atoms with Gasteiger partial charge in [0, 0.05) is 4.47 Å². The van der Waals surface area contributed by atoms with Crippen LogP contribution in [-0.4, -0.2) is 15.9 Å². The highest BCUT2D eigenvalue weighted by molar-refractivity contribution is 9.10. The molecule has 1 N–H and O–H groups in total. The lowest BCUT2D eigenvalue weighted by Crippen LogP contribution is -2.14. The van der Waals surface area contributed by atoms with Crippen molar-refractivity contribution >= 4 is 50.7 Å². The third-order valence-electron chi connectivity index (χ3n) is 2.17. The summed E-state index contributed by atoms with van der Waals surface area (Å²) in [7, 11) is 0. The lowest BCUT2D eigenvalue weighted by molar-refractivity contribution is 0.102. The van der Waals surface area contributed by atoms with Crippen molar-refractivity contribution in [3.05, 3.63) is 50.7 Å². The molecule has 19 heavy (non-hydrogen) atoms. The van der Waals surface area contributed by atoms with Gasteiger partial charge < -0.3 is 5.32 Å². The van der Waals surface area contributed by atoms with Gasteiger partial charge in [0.1, 0.15) is 17.8 Å². The van der Waals surface area contributed by atoms with Crippen LogP contribution in [0.5, 0.6) is 0 Å². The average molecular weight is 365 g/mol. The van der Waals surface area contributed by atoms with Crippen LogP contribution in [0.3, 0.4) is 0 Å². The molecule has 0 atom stereocenters. The zero-order valence-corrected chi connectivity index (χ0v) is 12.2. The fourth-order valence-electron chi connectivity index (χ4n) is 1.30. The Morgan fingerprint density at radius 1 is 1.26 bits per heavy atom. The molecule has 1 amide bonds. The summed E-state index contributed by atoms with van der Waals surface area (Å²) < 4.78 is 13.3. The third-order valence-corrected chi connectivity index (χ3v) is 3.40. The first kappa shape index (κ1) is 14.2. The summed E-state index contributed by atoms with van der Waals surface area (Å²) in [5, 5.41) is 2.51. The first-order chi connectivity index (χ1) is 8.99. The zero-order valence-electron chi connectivity index (χ0n) is 9.12. The monoisotopic (exact) mass is 363 g/mol. The molecular formula is C11H5BrCl2FN3O. The quantitative estimate of drug-likeness (QED) is 0.821. The molecule has 2 aromatic rings. The molecule has 0 saturated carbocycles. The molecule has 0 unspecified atom stereocenters. The number of hydrogen-bond donors (Lipinski definition) is 1. The van der Waals surface area contributed by atoms with E-state index in [0.717, 1.165) is 0 Å². The number of amides is 1. The van der Waals surface area contributed by atoms with E-state index in [9.17, 15) is 9.18 Å². The highest BCUT2D eigenvalue weighted by Gasteiger charge is 2.15. The van der Waals surface area contributed by atoms with E-state index in [1.54, 1.807) is 0 Å². The van der Waals surface area contributed by atoms with Crippen molar-refractivity contribution in [1.29, 1.82) is 0 Å². The molecule has 0 spiro atoms. The Kier molecular flexibility index (Phi) is 4.34. The summed E-state index contributed by atoms with van der Waals surface area (Å²) in [6.45, 7) is 0. The van der Waals surface area contributed by atoms with Crippen LogP contribution in [-0.2, 0) is 0 Å². The summed E-state index contributed by atoms with van der Waals surface area (Å²) in [5.74, 6) is -0.965. The third kappa shape index (κ3) is 3.20. The largest absolute Gasteiger partial charge is 0.317 e. The van der Waals surface area contributed by atoms with Crippen LogP contribution in [0.2, 0.25) is 10.3 Å². The van der Waals surface area contributed by atoms with Gasteiger partial charge in [-0.2, -0.15) is 0 Å². The molecule has 2 rings (SSSR count). The Morgan fingerprint density at radius 2 is 1.89 bits per heavy atom. The van der Waals surface area contributed by atoms with Gasteiger partial charge in [-0.25, -0.2) is 14.4 Å². The van der Waals surface area contributed by atoms with E-state index in [1.807, 2.05) is 0 Å². The maximum atomic E-state index is 12.9. The highest BCUT2D eigenvalue weighted by atomic mass is 79.9. The van der Waals surface area contributed by atoms with E-state index in [2.05, 4.69) is 31.2 Å². The zero-order chi connectivity index (χ0) is 14.0. The summed E-state index contributed by atoms with van der Waals surface area (Å²) in [6, 6.07) is 3.68. The number of aromatic nitrogens is 2. The van der Waals surface area contributed by atoms with Crippen LogP contribution in [0.1, 0.15) is 10.4 Å². The van der Waals surface area contributed by atoms with Gasteiger partial charge in [-0.05, 0) is 34.1 Å². The van der Waals surface area contributed by atoms with Gasteiger partial charge in [-0.3, -0.25) is 4.79 Å². The predicted molar refractivity (Wildman–Crippen MR) is 74.1 cm³/mol. The van der Waals surface area contributed by atoms with Gasteiger partial charge in [0.2, 0.25) is 0 Å². The van der Waals surface area contributed by atoms with E-state index in [0.29, 0.717) is 4.47 Å². The molecule has 0 aliphatic carbocycles. The van der Waals surface area contributed by atoms with Crippen molar-refractivity contribution in [3.8, 4) is 0 Å². The lowest BCUT2D eigenvalue weighted by Gasteiger charge is -2.08. The second-order valence-electron chi connectivity index (χ2n) is 3.41. The topological polar surface area (TPSA) is 54.9 Å². The van der Waals surface area contributed by atoms with Crippen molar-refractivity contribution in [3.63, 3.8) is 0 Å². The van der Waals surface area contributed by atoms with Crippen molar-refractivity contribution in [2.24, 2.45) is 0 Å².